The summed E-state index contributed by atoms with van der Waals surface area (Å²) in [6, 6.07) is 9.94. The Hall–Kier alpha value is -2.05. The van der Waals surface area contributed by atoms with Gasteiger partial charge in [-0.1, -0.05) is 18.2 Å². The van der Waals surface area contributed by atoms with Crippen LogP contribution in [0.5, 0.6) is 0 Å². The molecule has 3 rings (SSSR count). The number of ether oxygens (including phenoxy) is 1. The van der Waals surface area contributed by atoms with Gasteiger partial charge in [0.1, 0.15) is 17.9 Å². The molecule has 124 valence electrons. The Bertz CT molecular complexity index is 614. The van der Waals surface area contributed by atoms with E-state index < -0.39 is 0 Å². The number of furan rings is 1. The second-order valence-electron chi connectivity index (χ2n) is 5.69. The van der Waals surface area contributed by atoms with Crippen LogP contribution in [0.3, 0.4) is 0 Å². The molecule has 0 bridgehead atoms. The average molecular weight is 316 g/mol. The number of nitrogens with one attached hydrogen (secondary N) is 1. The van der Waals surface area contributed by atoms with E-state index in [1.807, 2.05) is 30.3 Å². The molecule has 1 aliphatic rings. The highest BCUT2D eigenvalue weighted by Gasteiger charge is 2.09. The predicted octanol–water partition coefficient (Wildman–Crippen LogP) is 1.56. The molecule has 1 aliphatic heterocycles. The van der Waals surface area contributed by atoms with Crippen LogP contribution in [0.15, 0.2) is 39.7 Å². The smallest absolute Gasteiger partial charge is 0.189 e. The number of hydrogen-bond donors (Lipinski definition) is 2. The van der Waals surface area contributed by atoms with Gasteiger partial charge in [0, 0.05) is 25.0 Å². The van der Waals surface area contributed by atoms with E-state index in [1.54, 1.807) is 0 Å². The third-order valence-electron chi connectivity index (χ3n) is 3.94. The number of guanidine groups is 1. The monoisotopic (exact) mass is 316 g/mol. The van der Waals surface area contributed by atoms with E-state index in [0.717, 1.165) is 62.5 Å². The number of aliphatic imine (C=N–C) groups is 1. The first-order valence-electron chi connectivity index (χ1n) is 8.12. The van der Waals surface area contributed by atoms with E-state index in [1.165, 1.54) is 0 Å². The van der Waals surface area contributed by atoms with Crippen LogP contribution in [0.1, 0.15) is 12.2 Å². The fourth-order valence-electron chi connectivity index (χ4n) is 2.68. The van der Waals surface area contributed by atoms with Gasteiger partial charge in [-0.05, 0) is 25.1 Å². The normalized spacial score (nSPS) is 16.8. The van der Waals surface area contributed by atoms with Crippen molar-refractivity contribution in [3.8, 4) is 0 Å². The lowest BCUT2D eigenvalue weighted by molar-refractivity contribution is 0.0376. The second-order valence-corrected chi connectivity index (χ2v) is 5.69. The molecule has 0 saturated carbocycles. The van der Waals surface area contributed by atoms with Crippen LogP contribution >= 0.6 is 0 Å². The van der Waals surface area contributed by atoms with E-state index in [-0.39, 0.29) is 0 Å². The van der Waals surface area contributed by atoms with Gasteiger partial charge in [0.25, 0.3) is 0 Å². The van der Waals surface area contributed by atoms with Gasteiger partial charge in [0.05, 0.1) is 13.2 Å². The first-order valence-corrected chi connectivity index (χ1v) is 8.12. The van der Waals surface area contributed by atoms with E-state index in [4.69, 9.17) is 14.9 Å². The second kappa shape index (κ2) is 7.99. The zero-order valence-corrected chi connectivity index (χ0v) is 13.3. The summed E-state index contributed by atoms with van der Waals surface area (Å²) in [4.78, 5) is 6.74. The van der Waals surface area contributed by atoms with Crippen molar-refractivity contribution in [3.05, 3.63) is 36.1 Å². The van der Waals surface area contributed by atoms with Crippen LogP contribution in [-0.4, -0.2) is 50.3 Å². The molecule has 1 aromatic carbocycles. The molecule has 1 aromatic heterocycles. The maximum atomic E-state index is 5.90. The molecule has 1 fully saturated rings. The first kappa shape index (κ1) is 15.8. The van der Waals surface area contributed by atoms with Crippen molar-refractivity contribution in [2.75, 3.05) is 39.4 Å². The van der Waals surface area contributed by atoms with Gasteiger partial charge in [0.15, 0.2) is 5.96 Å². The Kier molecular flexibility index (Phi) is 5.50. The Morgan fingerprint density at radius 3 is 2.91 bits per heavy atom. The van der Waals surface area contributed by atoms with Crippen LogP contribution < -0.4 is 11.1 Å². The maximum Gasteiger partial charge on any atom is 0.189 e. The van der Waals surface area contributed by atoms with Gasteiger partial charge < -0.3 is 20.2 Å². The number of para-hydroxylation sites is 1. The minimum absolute atomic E-state index is 0.455. The van der Waals surface area contributed by atoms with Crippen LogP contribution in [-0.2, 0) is 11.3 Å². The number of benzene rings is 1. The van der Waals surface area contributed by atoms with Gasteiger partial charge >= 0.3 is 0 Å². The molecule has 0 spiro atoms. The minimum Gasteiger partial charge on any atom is -0.459 e. The molecule has 0 amide bonds. The molecule has 6 heteroatoms. The molecule has 3 N–H and O–H groups in total. The average Bonchev–Trinajstić information content (AvgIpc) is 3.01. The molecule has 0 atom stereocenters. The number of morpholine rings is 1. The fraction of sp³-hybridized carbons (Fsp3) is 0.471. The topological polar surface area (TPSA) is 76.0 Å². The van der Waals surface area contributed by atoms with Gasteiger partial charge in [-0.15, -0.1) is 0 Å². The Labute approximate surface area is 136 Å². The van der Waals surface area contributed by atoms with E-state index in [2.05, 4.69) is 15.2 Å². The highest BCUT2D eigenvalue weighted by molar-refractivity contribution is 5.79. The summed E-state index contributed by atoms with van der Waals surface area (Å²) in [5.41, 5.74) is 6.78. The highest BCUT2D eigenvalue weighted by Crippen LogP contribution is 2.19. The number of nitrogens with two attached hydrogens (primary N) is 1. The zero-order valence-electron chi connectivity index (χ0n) is 13.3. The lowest BCUT2D eigenvalue weighted by Gasteiger charge is -2.26. The molecule has 0 aliphatic carbocycles. The van der Waals surface area contributed by atoms with Crippen molar-refractivity contribution in [1.82, 2.24) is 10.2 Å². The van der Waals surface area contributed by atoms with Gasteiger partial charge in [-0.25, -0.2) is 4.99 Å². The summed E-state index contributed by atoms with van der Waals surface area (Å²) in [6.07, 6.45) is 1.04. The van der Waals surface area contributed by atoms with E-state index in [9.17, 15) is 0 Å². The van der Waals surface area contributed by atoms with E-state index >= 15 is 0 Å². The molecular weight excluding hydrogens is 292 g/mol. The predicted molar refractivity (Wildman–Crippen MR) is 91.4 cm³/mol. The maximum absolute atomic E-state index is 5.90. The highest BCUT2D eigenvalue weighted by atomic mass is 16.5. The Morgan fingerprint density at radius 1 is 1.26 bits per heavy atom. The molecule has 23 heavy (non-hydrogen) atoms. The quantitative estimate of drug-likeness (QED) is 0.480. The van der Waals surface area contributed by atoms with Crippen LogP contribution in [0.2, 0.25) is 0 Å². The lowest BCUT2D eigenvalue weighted by atomic mass is 10.2. The van der Waals surface area contributed by atoms with Gasteiger partial charge in [-0.2, -0.15) is 0 Å². The summed E-state index contributed by atoms with van der Waals surface area (Å²) < 4.78 is 11.0. The zero-order chi connectivity index (χ0) is 15.9. The summed E-state index contributed by atoms with van der Waals surface area (Å²) >= 11 is 0. The molecule has 2 heterocycles. The number of fused-ring (bicyclic) bond motifs is 1. The van der Waals surface area contributed by atoms with Crippen LogP contribution in [0.25, 0.3) is 11.0 Å². The van der Waals surface area contributed by atoms with Gasteiger partial charge in [-0.3, -0.25) is 4.90 Å². The number of rotatable bonds is 6. The summed E-state index contributed by atoms with van der Waals surface area (Å²) in [5.74, 6) is 1.29. The summed E-state index contributed by atoms with van der Waals surface area (Å²) in [5, 5.41) is 4.25. The third-order valence-corrected chi connectivity index (χ3v) is 3.94. The SMILES string of the molecule is NC(=NCc1cc2ccccc2o1)NCCCN1CCOCC1. The van der Waals surface area contributed by atoms with E-state index in [0.29, 0.717) is 12.5 Å². The van der Waals surface area contributed by atoms with Crippen LogP contribution in [0, 0.1) is 0 Å². The van der Waals surface area contributed by atoms with Crippen molar-refractivity contribution < 1.29 is 9.15 Å². The molecule has 1 saturated heterocycles. The Morgan fingerprint density at radius 2 is 2.09 bits per heavy atom. The lowest BCUT2D eigenvalue weighted by Crippen LogP contribution is -2.39. The summed E-state index contributed by atoms with van der Waals surface area (Å²) in [7, 11) is 0. The third kappa shape index (κ3) is 4.71. The number of nitrogens with zero attached hydrogens (tertiary/aromatic N) is 2. The van der Waals surface area contributed by atoms with Gasteiger partial charge in [0.2, 0.25) is 0 Å². The minimum atomic E-state index is 0.455. The first-order chi connectivity index (χ1) is 11.3. The van der Waals surface area contributed by atoms with Crippen molar-refractivity contribution in [3.63, 3.8) is 0 Å². The van der Waals surface area contributed by atoms with Crippen molar-refractivity contribution >= 4 is 16.9 Å². The summed E-state index contributed by atoms with van der Waals surface area (Å²) in [6.45, 7) is 6.07. The van der Waals surface area contributed by atoms with Crippen molar-refractivity contribution in [1.29, 1.82) is 0 Å². The molecule has 6 nitrogen and oxygen atoms in total. The standard InChI is InChI=1S/C17H24N4O2/c18-17(19-6-3-7-21-8-10-22-11-9-21)20-13-15-12-14-4-1-2-5-16(14)23-15/h1-2,4-5,12H,3,6-11,13H2,(H3,18,19,20). The molecule has 0 unspecified atom stereocenters. The number of hydrogen-bond acceptors (Lipinski definition) is 4. The van der Waals surface area contributed by atoms with Crippen molar-refractivity contribution in [2.24, 2.45) is 10.7 Å². The fourth-order valence-corrected chi connectivity index (χ4v) is 2.68. The molecule has 2 aromatic rings. The Balaban J connectivity index is 1.39. The van der Waals surface area contributed by atoms with Crippen molar-refractivity contribution in [2.45, 2.75) is 13.0 Å². The van der Waals surface area contributed by atoms with Crippen LogP contribution in [0.4, 0.5) is 0 Å². The largest absolute Gasteiger partial charge is 0.459 e. The molecular formula is C17H24N4O2. The molecule has 0 radical (unpaired) electrons.